The number of carboxylic acids is 2. The molecule has 0 unspecified atom stereocenters. The Morgan fingerprint density at radius 2 is 1.41 bits per heavy atom. The second-order valence-corrected chi connectivity index (χ2v) is 5.74. The molecule has 0 bridgehead atoms. The summed E-state index contributed by atoms with van der Waals surface area (Å²) in [6.45, 7) is 5.49. The van der Waals surface area contributed by atoms with E-state index in [2.05, 4.69) is 6.58 Å². The zero-order valence-corrected chi connectivity index (χ0v) is 13.4. The summed E-state index contributed by atoms with van der Waals surface area (Å²) in [4.78, 5) is 21.7. The van der Waals surface area contributed by atoms with Crippen molar-refractivity contribution in [1.82, 2.24) is 0 Å². The third-order valence-electron chi connectivity index (χ3n) is 3.97. The Morgan fingerprint density at radius 1 is 0.864 bits per heavy atom. The van der Waals surface area contributed by atoms with E-state index in [9.17, 15) is 14.7 Å². The van der Waals surface area contributed by atoms with Crippen LogP contribution in [-0.2, 0) is 9.59 Å². The molecule has 0 radical (unpaired) electrons. The number of aliphatic hydroxyl groups is 1. The average Bonchev–Trinajstić information content (AvgIpc) is 2.46. The van der Waals surface area contributed by atoms with E-state index in [4.69, 9.17) is 10.2 Å². The van der Waals surface area contributed by atoms with Gasteiger partial charge < -0.3 is 19.8 Å². The van der Waals surface area contributed by atoms with Crippen LogP contribution in [-0.4, -0.2) is 64.5 Å². The van der Waals surface area contributed by atoms with Gasteiger partial charge in [0.05, 0.1) is 39.1 Å². The van der Waals surface area contributed by atoms with Crippen molar-refractivity contribution >= 4 is 11.9 Å². The van der Waals surface area contributed by atoms with E-state index in [1.807, 2.05) is 6.08 Å². The van der Waals surface area contributed by atoms with Crippen molar-refractivity contribution in [1.29, 1.82) is 0 Å². The molecule has 0 saturated carbocycles. The normalized spacial score (nSPS) is 11.3. The maximum absolute atomic E-state index is 10.8. The quantitative estimate of drug-likeness (QED) is 0.244. The fourth-order valence-corrected chi connectivity index (χ4v) is 2.64. The molecule has 0 aromatic rings. The third-order valence-corrected chi connectivity index (χ3v) is 3.97. The van der Waals surface area contributed by atoms with Gasteiger partial charge in [-0.2, -0.15) is 0 Å². The van der Waals surface area contributed by atoms with Crippen LogP contribution >= 0.6 is 0 Å². The molecule has 0 heterocycles. The van der Waals surface area contributed by atoms with Crippen LogP contribution in [0.1, 0.15) is 44.9 Å². The zero-order chi connectivity index (χ0) is 16.8. The first-order valence-electron chi connectivity index (χ1n) is 7.96. The summed E-state index contributed by atoms with van der Waals surface area (Å²) in [6.07, 6.45) is 7.00. The second kappa shape index (κ2) is 12.2. The summed E-state index contributed by atoms with van der Waals surface area (Å²) in [7, 11) is 0. The van der Waals surface area contributed by atoms with Gasteiger partial charge in [-0.3, -0.25) is 9.59 Å². The highest BCUT2D eigenvalue weighted by Gasteiger charge is 2.28. The molecule has 0 aromatic heterocycles. The molecular weight excluding hydrogens is 286 g/mol. The topological polar surface area (TPSA) is 94.8 Å². The average molecular weight is 316 g/mol. The van der Waals surface area contributed by atoms with E-state index in [0.29, 0.717) is 24.1 Å². The molecule has 0 aliphatic heterocycles. The number of carboxylic acid groups (broad SMARTS) is 2. The number of rotatable bonds is 15. The van der Waals surface area contributed by atoms with Crippen LogP contribution in [0.15, 0.2) is 12.7 Å². The third kappa shape index (κ3) is 10.3. The number of unbranched alkanes of at least 4 members (excludes halogenated alkanes) is 4. The molecule has 0 fully saturated rings. The molecular formula is C16H30NO5+. The number of quaternary nitrogens is 1. The number of allylic oxidation sites excluding steroid dienone is 1. The smallest absolute Gasteiger partial charge is 0.309 e. The van der Waals surface area contributed by atoms with Gasteiger partial charge in [0.1, 0.15) is 6.54 Å². The van der Waals surface area contributed by atoms with Gasteiger partial charge in [-0.15, -0.1) is 6.58 Å². The Hall–Kier alpha value is -1.40. The van der Waals surface area contributed by atoms with Crippen LogP contribution in [0.4, 0.5) is 0 Å². The molecule has 0 aliphatic rings. The van der Waals surface area contributed by atoms with Gasteiger partial charge >= 0.3 is 11.9 Å². The standard InChI is InChI=1S/C16H29NO5/c1-2-3-4-5-6-7-10-17(13-14-18,11-8-15(19)20)12-9-16(21)22/h2,18H,1,3-14H2,(H-,19,20,21,22)/p+1. The summed E-state index contributed by atoms with van der Waals surface area (Å²) < 4.78 is 0.372. The molecule has 0 aliphatic carbocycles. The van der Waals surface area contributed by atoms with Gasteiger partial charge in [0, 0.05) is 0 Å². The number of hydrogen-bond acceptors (Lipinski definition) is 3. The molecule has 22 heavy (non-hydrogen) atoms. The Morgan fingerprint density at radius 3 is 1.86 bits per heavy atom. The summed E-state index contributed by atoms with van der Waals surface area (Å²) in [5, 5.41) is 27.1. The molecule has 3 N–H and O–H groups in total. The highest BCUT2D eigenvalue weighted by Crippen LogP contribution is 2.14. The first-order chi connectivity index (χ1) is 10.5. The van der Waals surface area contributed by atoms with E-state index in [-0.39, 0.29) is 19.4 Å². The Kier molecular flexibility index (Phi) is 11.4. The minimum absolute atomic E-state index is 0.00389. The minimum Gasteiger partial charge on any atom is -0.481 e. The molecule has 0 atom stereocenters. The molecule has 6 heteroatoms. The Labute approximate surface area is 132 Å². The van der Waals surface area contributed by atoms with E-state index >= 15 is 0 Å². The second-order valence-electron chi connectivity index (χ2n) is 5.74. The van der Waals surface area contributed by atoms with E-state index in [0.717, 1.165) is 38.6 Å². The summed E-state index contributed by atoms with van der Waals surface area (Å²) in [6, 6.07) is 0. The summed E-state index contributed by atoms with van der Waals surface area (Å²) >= 11 is 0. The van der Waals surface area contributed by atoms with E-state index in [1.54, 1.807) is 0 Å². The maximum atomic E-state index is 10.8. The van der Waals surface area contributed by atoms with Gasteiger partial charge in [-0.25, -0.2) is 0 Å². The molecule has 128 valence electrons. The van der Waals surface area contributed by atoms with Crippen molar-refractivity contribution in [2.75, 3.05) is 32.8 Å². The van der Waals surface area contributed by atoms with Gasteiger partial charge in [-0.05, 0) is 25.7 Å². The van der Waals surface area contributed by atoms with Gasteiger partial charge in [-0.1, -0.05) is 12.5 Å². The lowest BCUT2D eigenvalue weighted by atomic mass is 10.1. The van der Waals surface area contributed by atoms with Crippen molar-refractivity contribution < 1.29 is 29.4 Å². The van der Waals surface area contributed by atoms with Crippen molar-refractivity contribution in [2.24, 2.45) is 0 Å². The first kappa shape index (κ1) is 20.6. The lowest BCUT2D eigenvalue weighted by Crippen LogP contribution is -2.52. The SMILES string of the molecule is C=CCCCCCC[N+](CCO)(CCC(=O)O)CCC(=O)O. The van der Waals surface area contributed by atoms with Gasteiger partial charge in [0.15, 0.2) is 0 Å². The number of nitrogens with zero attached hydrogens (tertiary/aromatic N) is 1. The van der Waals surface area contributed by atoms with Crippen molar-refractivity contribution in [3.8, 4) is 0 Å². The van der Waals surface area contributed by atoms with E-state index in [1.165, 1.54) is 0 Å². The fourth-order valence-electron chi connectivity index (χ4n) is 2.64. The molecule has 0 aromatic carbocycles. The minimum atomic E-state index is -0.887. The van der Waals surface area contributed by atoms with Crippen LogP contribution < -0.4 is 0 Å². The number of aliphatic carboxylic acids is 2. The maximum Gasteiger partial charge on any atom is 0.309 e. The number of hydrogen-bond donors (Lipinski definition) is 3. The van der Waals surface area contributed by atoms with Crippen molar-refractivity contribution in [2.45, 2.75) is 44.9 Å². The number of carbonyl (C=O) groups is 2. The first-order valence-corrected chi connectivity index (χ1v) is 7.96. The summed E-state index contributed by atoms with van der Waals surface area (Å²) in [5.74, 6) is -1.77. The number of aliphatic hydroxyl groups excluding tert-OH is 1. The van der Waals surface area contributed by atoms with Crippen LogP contribution in [0, 0.1) is 0 Å². The Balaban J connectivity index is 4.51. The van der Waals surface area contributed by atoms with Gasteiger partial charge in [0.2, 0.25) is 0 Å². The van der Waals surface area contributed by atoms with Crippen LogP contribution in [0.3, 0.4) is 0 Å². The molecule has 0 amide bonds. The predicted molar refractivity (Wildman–Crippen MR) is 84.6 cm³/mol. The molecule has 0 spiro atoms. The van der Waals surface area contributed by atoms with E-state index < -0.39 is 11.9 Å². The largest absolute Gasteiger partial charge is 0.481 e. The fraction of sp³-hybridized carbons (Fsp3) is 0.750. The highest BCUT2D eigenvalue weighted by molar-refractivity contribution is 5.67. The van der Waals surface area contributed by atoms with Crippen LogP contribution in [0.2, 0.25) is 0 Å². The van der Waals surface area contributed by atoms with Crippen molar-refractivity contribution in [3.63, 3.8) is 0 Å². The van der Waals surface area contributed by atoms with Crippen LogP contribution in [0.25, 0.3) is 0 Å². The predicted octanol–water partition coefficient (Wildman–Crippen LogP) is 1.88. The zero-order valence-electron chi connectivity index (χ0n) is 13.4. The monoisotopic (exact) mass is 316 g/mol. The van der Waals surface area contributed by atoms with Gasteiger partial charge in [0.25, 0.3) is 0 Å². The summed E-state index contributed by atoms with van der Waals surface area (Å²) in [5.41, 5.74) is 0. The van der Waals surface area contributed by atoms with Crippen LogP contribution in [0.5, 0.6) is 0 Å². The van der Waals surface area contributed by atoms with Crippen molar-refractivity contribution in [3.05, 3.63) is 12.7 Å². The molecule has 6 nitrogen and oxygen atoms in total. The highest BCUT2D eigenvalue weighted by atomic mass is 16.4. The Bertz CT molecular complexity index is 325. The lowest BCUT2D eigenvalue weighted by molar-refractivity contribution is -0.927. The molecule has 0 saturated heterocycles. The lowest BCUT2D eigenvalue weighted by Gasteiger charge is -2.38. The molecule has 0 rings (SSSR count).